The number of anilines is 2. The van der Waals surface area contributed by atoms with E-state index < -0.39 is 0 Å². The minimum atomic E-state index is 0.0875. The van der Waals surface area contributed by atoms with Crippen LogP contribution in [0.15, 0.2) is 12.1 Å². The van der Waals surface area contributed by atoms with Gasteiger partial charge in [0.2, 0.25) is 0 Å². The third-order valence-electron chi connectivity index (χ3n) is 5.67. The first kappa shape index (κ1) is 15.1. The van der Waals surface area contributed by atoms with Gasteiger partial charge in [-0.05, 0) is 64.3 Å². The molecule has 1 N–H and O–H groups in total. The highest BCUT2D eigenvalue weighted by atomic mass is 16.5. The molecule has 1 aromatic carbocycles. The van der Waals surface area contributed by atoms with Crippen LogP contribution >= 0.6 is 0 Å². The summed E-state index contributed by atoms with van der Waals surface area (Å²) in [5.74, 6) is 1.01. The lowest BCUT2D eigenvalue weighted by Gasteiger charge is -2.41. The Hall–Kier alpha value is -1.42. The fourth-order valence-electron chi connectivity index (χ4n) is 4.42. The summed E-state index contributed by atoms with van der Waals surface area (Å²) >= 11 is 0. The van der Waals surface area contributed by atoms with E-state index in [1.165, 1.54) is 69.5 Å². The first-order chi connectivity index (χ1) is 11.2. The minimum absolute atomic E-state index is 0.0875. The van der Waals surface area contributed by atoms with Crippen molar-refractivity contribution in [2.45, 2.75) is 58.2 Å². The molecule has 3 heterocycles. The third kappa shape index (κ3) is 3.01. The smallest absolute Gasteiger partial charge is 0.167 e. The van der Waals surface area contributed by atoms with Crippen molar-refractivity contribution >= 4 is 11.4 Å². The van der Waals surface area contributed by atoms with Crippen molar-refractivity contribution < 1.29 is 4.74 Å². The average molecular weight is 315 g/mol. The van der Waals surface area contributed by atoms with Gasteiger partial charge in [-0.15, -0.1) is 0 Å². The van der Waals surface area contributed by atoms with E-state index in [4.69, 9.17) is 4.74 Å². The Balaban J connectivity index is 1.43. The van der Waals surface area contributed by atoms with Crippen LogP contribution < -0.4 is 15.0 Å². The SMILES string of the molecule is Cc1cc2c(cc1N1CCC(N3CCCCC3)CC1)OC(C)N2. The van der Waals surface area contributed by atoms with Crippen LogP contribution in [0.2, 0.25) is 0 Å². The predicted molar refractivity (Wildman–Crippen MR) is 95.6 cm³/mol. The Kier molecular flexibility index (Phi) is 4.10. The molecule has 3 aliphatic heterocycles. The van der Waals surface area contributed by atoms with E-state index in [1.807, 2.05) is 0 Å². The highest BCUT2D eigenvalue weighted by molar-refractivity contribution is 5.70. The zero-order chi connectivity index (χ0) is 15.8. The van der Waals surface area contributed by atoms with Crippen LogP contribution in [0.4, 0.5) is 11.4 Å². The molecule has 0 radical (unpaired) electrons. The average Bonchev–Trinajstić information content (AvgIpc) is 2.94. The molecule has 0 aliphatic carbocycles. The van der Waals surface area contributed by atoms with Crippen LogP contribution in [-0.2, 0) is 0 Å². The van der Waals surface area contributed by atoms with Crippen LogP contribution in [0.1, 0.15) is 44.6 Å². The molecule has 4 rings (SSSR count). The van der Waals surface area contributed by atoms with Crippen LogP contribution in [0.5, 0.6) is 5.75 Å². The van der Waals surface area contributed by atoms with E-state index in [0.29, 0.717) is 0 Å². The van der Waals surface area contributed by atoms with E-state index in [-0.39, 0.29) is 6.23 Å². The molecule has 23 heavy (non-hydrogen) atoms. The molecule has 0 aromatic heterocycles. The van der Waals surface area contributed by atoms with E-state index in [2.05, 4.69) is 41.1 Å². The number of rotatable bonds is 2. The van der Waals surface area contributed by atoms with Crippen LogP contribution in [-0.4, -0.2) is 43.3 Å². The molecular formula is C19H29N3O. The molecular weight excluding hydrogens is 286 g/mol. The van der Waals surface area contributed by atoms with Gasteiger partial charge in [0.1, 0.15) is 5.75 Å². The number of likely N-dealkylation sites (tertiary alicyclic amines) is 1. The molecule has 126 valence electrons. The van der Waals surface area contributed by atoms with Gasteiger partial charge in [0.15, 0.2) is 6.23 Å². The molecule has 1 unspecified atom stereocenters. The summed E-state index contributed by atoms with van der Waals surface area (Å²) in [5.41, 5.74) is 3.85. The number of hydrogen-bond donors (Lipinski definition) is 1. The summed E-state index contributed by atoms with van der Waals surface area (Å²) in [4.78, 5) is 5.30. The maximum Gasteiger partial charge on any atom is 0.167 e. The molecule has 4 nitrogen and oxygen atoms in total. The van der Waals surface area contributed by atoms with Crippen molar-refractivity contribution in [3.8, 4) is 5.75 Å². The van der Waals surface area contributed by atoms with Gasteiger partial charge < -0.3 is 19.9 Å². The Morgan fingerprint density at radius 3 is 2.52 bits per heavy atom. The maximum atomic E-state index is 5.86. The number of ether oxygens (including phenoxy) is 1. The van der Waals surface area contributed by atoms with Gasteiger partial charge in [-0.3, -0.25) is 0 Å². The molecule has 0 amide bonds. The van der Waals surface area contributed by atoms with Crippen molar-refractivity contribution in [3.63, 3.8) is 0 Å². The van der Waals surface area contributed by atoms with Gasteiger partial charge in [-0.2, -0.15) is 0 Å². The molecule has 3 aliphatic rings. The number of piperidine rings is 2. The van der Waals surface area contributed by atoms with Gasteiger partial charge in [0.05, 0.1) is 5.69 Å². The van der Waals surface area contributed by atoms with Crippen molar-refractivity contribution in [2.75, 3.05) is 36.4 Å². The summed E-state index contributed by atoms with van der Waals surface area (Å²) in [7, 11) is 0. The molecule has 2 saturated heterocycles. The highest BCUT2D eigenvalue weighted by Gasteiger charge is 2.27. The second-order valence-corrected chi connectivity index (χ2v) is 7.35. The summed E-state index contributed by atoms with van der Waals surface area (Å²) in [6.45, 7) is 9.25. The molecule has 0 spiro atoms. The molecule has 1 atom stereocenters. The van der Waals surface area contributed by atoms with Gasteiger partial charge in [0, 0.05) is 30.9 Å². The Labute approximate surface area is 139 Å². The van der Waals surface area contributed by atoms with Gasteiger partial charge in [-0.25, -0.2) is 0 Å². The number of benzene rings is 1. The zero-order valence-electron chi connectivity index (χ0n) is 14.5. The number of hydrogen-bond acceptors (Lipinski definition) is 4. The first-order valence-corrected chi connectivity index (χ1v) is 9.27. The number of aryl methyl sites for hydroxylation is 1. The normalized spacial score (nSPS) is 25.8. The zero-order valence-corrected chi connectivity index (χ0v) is 14.5. The summed E-state index contributed by atoms with van der Waals surface area (Å²) in [5, 5.41) is 3.37. The lowest BCUT2D eigenvalue weighted by atomic mass is 9.99. The Bertz CT molecular complexity index is 560. The molecule has 0 saturated carbocycles. The Morgan fingerprint density at radius 1 is 1.04 bits per heavy atom. The van der Waals surface area contributed by atoms with E-state index >= 15 is 0 Å². The monoisotopic (exact) mass is 315 g/mol. The van der Waals surface area contributed by atoms with Crippen molar-refractivity contribution in [3.05, 3.63) is 17.7 Å². The maximum absolute atomic E-state index is 5.86. The van der Waals surface area contributed by atoms with E-state index in [0.717, 1.165) is 17.5 Å². The lowest BCUT2D eigenvalue weighted by molar-refractivity contribution is 0.141. The molecule has 1 aromatic rings. The first-order valence-electron chi connectivity index (χ1n) is 9.27. The van der Waals surface area contributed by atoms with Crippen molar-refractivity contribution in [1.29, 1.82) is 0 Å². The number of nitrogens with zero attached hydrogens (tertiary/aromatic N) is 2. The van der Waals surface area contributed by atoms with E-state index in [1.54, 1.807) is 0 Å². The molecule has 2 fully saturated rings. The van der Waals surface area contributed by atoms with Crippen molar-refractivity contribution in [1.82, 2.24) is 4.90 Å². The summed E-state index contributed by atoms with van der Waals surface area (Å²) < 4.78 is 5.86. The number of nitrogens with one attached hydrogen (secondary N) is 1. The fraction of sp³-hybridized carbons (Fsp3) is 0.684. The second kappa shape index (κ2) is 6.23. The Morgan fingerprint density at radius 2 is 1.78 bits per heavy atom. The van der Waals surface area contributed by atoms with Crippen LogP contribution in [0, 0.1) is 6.92 Å². The third-order valence-corrected chi connectivity index (χ3v) is 5.67. The molecule has 4 heteroatoms. The standard InChI is InChI=1S/C19H29N3O/c1-14-12-17-19(23-15(2)20-17)13-18(14)22-10-6-16(7-11-22)21-8-4-3-5-9-21/h12-13,15-16,20H,3-11H2,1-2H3. The second-order valence-electron chi connectivity index (χ2n) is 7.35. The van der Waals surface area contributed by atoms with Crippen molar-refractivity contribution in [2.24, 2.45) is 0 Å². The van der Waals surface area contributed by atoms with Gasteiger partial charge >= 0.3 is 0 Å². The van der Waals surface area contributed by atoms with Gasteiger partial charge in [-0.1, -0.05) is 6.42 Å². The lowest BCUT2D eigenvalue weighted by Crippen LogP contribution is -2.46. The number of fused-ring (bicyclic) bond motifs is 1. The van der Waals surface area contributed by atoms with Crippen LogP contribution in [0.25, 0.3) is 0 Å². The van der Waals surface area contributed by atoms with E-state index in [9.17, 15) is 0 Å². The van der Waals surface area contributed by atoms with Gasteiger partial charge in [0.25, 0.3) is 0 Å². The molecule has 0 bridgehead atoms. The highest BCUT2D eigenvalue weighted by Crippen LogP contribution is 2.38. The fourth-order valence-corrected chi connectivity index (χ4v) is 4.42. The summed E-state index contributed by atoms with van der Waals surface area (Å²) in [6.07, 6.45) is 6.90. The predicted octanol–water partition coefficient (Wildman–Crippen LogP) is 3.60. The topological polar surface area (TPSA) is 27.7 Å². The van der Waals surface area contributed by atoms with Crippen LogP contribution in [0.3, 0.4) is 0 Å². The quantitative estimate of drug-likeness (QED) is 0.902. The minimum Gasteiger partial charge on any atom is -0.469 e. The largest absolute Gasteiger partial charge is 0.469 e. The summed E-state index contributed by atoms with van der Waals surface area (Å²) in [6, 6.07) is 5.28.